The molecule has 3 aromatic rings. The lowest BCUT2D eigenvalue weighted by Gasteiger charge is -2.22. The molecule has 1 N–H and O–H groups in total. The summed E-state index contributed by atoms with van der Waals surface area (Å²) >= 11 is 0. The van der Waals surface area contributed by atoms with Crippen molar-refractivity contribution in [3.05, 3.63) is 96.1 Å². The van der Waals surface area contributed by atoms with Gasteiger partial charge in [0.2, 0.25) is 0 Å². The molecule has 0 aliphatic carbocycles. The van der Waals surface area contributed by atoms with E-state index in [1.165, 1.54) is 4.90 Å². The standard InChI is InChI=1S/C22H20N2O2/c1-17-10-8-9-15-20(17)23-21(25)22(26)24(19-13-6-3-7-14-19)16-18-11-4-2-5-12-18/h2-15H,16H2,1H3,(H,23,25). The second-order valence-electron chi connectivity index (χ2n) is 5.98. The van der Waals surface area contributed by atoms with E-state index in [9.17, 15) is 9.59 Å². The second kappa shape index (κ2) is 8.12. The van der Waals surface area contributed by atoms with Crippen LogP contribution in [0.2, 0.25) is 0 Å². The Morgan fingerprint density at radius 1 is 0.808 bits per heavy atom. The number of carbonyl (C=O) groups is 2. The van der Waals surface area contributed by atoms with Crippen LogP contribution in [0.5, 0.6) is 0 Å². The third-order valence-electron chi connectivity index (χ3n) is 4.08. The van der Waals surface area contributed by atoms with Gasteiger partial charge < -0.3 is 5.32 Å². The van der Waals surface area contributed by atoms with Crippen molar-refractivity contribution in [3.8, 4) is 0 Å². The minimum absolute atomic E-state index is 0.324. The van der Waals surface area contributed by atoms with Gasteiger partial charge in [0.15, 0.2) is 0 Å². The highest BCUT2D eigenvalue weighted by Gasteiger charge is 2.24. The topological polar surface area (TPSA) is 49.4 Å². The fraction of sp³-hybridized carbons (Fsp3) is 0.0909. The van der Waals surface area contributed by atoms with Gasteiger partial charge in [-0.05, 0) is 36.2 Å². The number of hydrogen-bond donors (Lipinski definition) is 1. The Morgan fingerprint density at radius 2 is 1.38 bits per heavy atom. The predicted octanol–water partition coefficient (Wildman–Crippen LogP) is 4.17. The van der Waals surface area contributed by atoms with E-state index in [1.54, 1.807) is 6.07 Å². The maximum Gasteiger partial charge on any atom is 0.316 e. The molecule has 4 nitrogen and oxygen atoms in total. The highest BCUT2D eigenvalue weighted by molar-refractivity contribution is 6.44. The molecule has 0 fully saturated rings. The van der Waals surface area contributed by atoms with Crippen molar-refractivity contribution in [2.24, 2.45) is 0 Å². The summed E-state index contributed by atoms with van der Waals surface area (Å²) in [5.41, 5.74) is 3.18. The third-order valence-corrected chi connectivity index (χ3v) is 4.08. The minimum Gasteiger partial charge on any atom is -0.318 e. The molecule has 0 aliphatic rings. The quantitative estimate of drug-likeness (QED) is 0.722. The average molecular weight is 344 g/mol. The van der Waals surface area contributed by atoms with E-state index in [-0.39, 0.29) is 0 Å². The summed E-state index contributed by atoms with van der Waals surface area (Å²) in [6.07, 6.45) is 0. The molecule has 0 atom stereocenters. The number of nitrogens with one attached hydrogen (secondary N) is 1. The summed E-state index contributed by atoms with van der Waals surface area (Å²) in [5, 5.41) is 2.72. The fourth-order valence-electron chi connectivity index (χ4n) is 2.67. The molecule has 0 bridgehead atoms. The van der Waals surface area contributed by atoms with Crippen LogP contribution in [0.15, 0.2) is 84.9 Å². The first kappa shape index (κ1) is 17.4. The second-order valence-corrected chi connectivity index (χ2v) is 5.98. The lowest BCUT2D eigenvalue weighted by atomic mass is 10.2. The number of anilines is 2. The maximum absolute atomic E-state index is 12.9. The lowest BCUT2D eigenvalue weighted by molar-refractivity contribution is -0.134. The van der Waals surface area contributed by atoms with Crippen molar-refractivity contribution in [2.75, 3.05) is 10.2 Å². The summed E-state index contributed by atoms with van der Waals surface area (Å²) in [5.74, 6) is -1.25. The normalized spacial score (nSPS) is 10.2. The van der Waals surface area contributed by atoms with Crippen LogP contribution in [0.4, 0.5) is 11.4 Å². The van der Waals surface area contributed by atoms with Crippen LogP contribution in [0.25, 0.3) is 0 Å². The van der Waals surface area contributed by atoms with E-state index < -0.39 is 11.8 Å². The average Bonchev–Trinajstić information content (AvgIpc) is 2.69. The molecule has 130 valence electrons. The van der Waals surface area contributed by atoms with E-state index in [0.717, 1.165) is 11.1 Å². The van der Waals surface area contributed by atoms with E-state index in [0.29, 0.717) is 17.9 Å². The van der Waals surface area contributed by atoms with Crippen molar-refractivity contribution in [3.63, 3.8) is 0 Å². The molecule has 0 saturated carbocycles. The smallest absolute Gasteiger partial charge is 0.316 e. The predicted molar refractivity (Wildman–Crippen MR) is 104 cm³/mol. The van der Waals surface area contributed by atoms with Crippen LogP contribution in [0.1, 0.15) is 11.1 Å². The lowest BCUT2D eigenvalue weighted by Crippen LogP contribution is -2.39. The Labute approximate surface area is 153 Å². The highest BCUT2D eigenvalue weighted by Crippen LogP contribution is 2.19. The fourth-order valence-corrected chi connectivity index (χ4v) is 2.67. The molecular weight excluding hydrogens is 324 g/mol. The largest absolute Gasteiger partial charge is 0.318 e. The van der Waals surface area contributed by atoms with Crippen LogP contribution in [-0.4, -0.2) is 11.8 Å². The number of nitrogens with zero attached hydrogens (tertiary/aromatic N) is 1. The van der Waals surface area contributed by atoms with Crippen molar-refractivity contribution < 1.29 is 9.59 Å². The van der Waals surface area contributed by atoms with Crippen LogP contribution in [0.3, 0.4) is 0 Å². The van der Waals surface area contributed by atoms with E-state index >= 15 is 0 Å². The Balaban J connectivity index is 1.85. The van der Waals surface area contributed by atoms with Crippen LogP contribution in [-0.2, 0) is 16.1 Å². The van der Waals surface area contributed by atoms with E-state index in [4.69, 9.17) is 0 Å². The van der Waals surface area contributed by atoms with Gasteiger partial charge in [0.1, 0.15) is 0 Å². The molecule has 0 radical (unpaired) electrons. The van der Waals surface area contributed by atoms with Crippen LogP contribution >= 0.6 is 0 Å². The van der Waals surface area contributed by atoms with Gasteiger partial charge in [0.05, 0.1) is 6.54 Å². The molecule has 2 amide bonds. The zero-order valence-electron chi connectivity index (χ0n) is 14.6. The molecule has 3 aromatic carbocycles. The van der Waals surface area contributed by atoms with Crippen molar-refractivity contribution in [1.29, 1.82) is 0 Å². The number of amides is 2. The van der Waals surface area contributed by atoms with Crippen LogP contribution in [0, 0.1) is 6.92 Å². The molecule has 0 spiro atoms. The zero-order chi connectivity index (χ0) is 18.4. The van der Waals surface area contributed by atoms with Crippen molar-refractivity contribution in [2.45, 2.75) is 13.5 Å². The Bertz CT molecular complexity index is 892. The molecule has 0 aliphatic heterocycles. The molecule has 0 unspecified atom stereocenters. The first-order chi connectivity index (χ1) is 12.6. The van der Waals surface area contributed by atoms with Gasteiger partial charge in [-0.1, -0.05) is 66.7 Å². The minimum atomic E-state index is -0.654. The first-order valence-corrected chi connectivity index (χ1v) is 8.42. The summed E-state index contributed by atoms with van der Waals surface area (Å²) < 4.78 is 0. The summed E-state index contributed by atoms with van der Waals surface area (Å²) in [6.45, 7) is 2.21. The molecule has 4 heteroatoms. The Kier molecular flexibility index (Phi) is 5.44. The molecule has 0 aromatic heterocycles. The molecular formula is C22H20N2O2. The Morgan fingerprint density at radius 3 is 2.04 bits per heavy atom. The van der Waals surface area contributed by atoms with Crippen LogP contribution < -0.4 is 10.2 Å². The molecule has 26 heavy (non-hydrogen) atoms. The number of carbonyl (C=O) groups excluding carboxylic acids is 2. The highest BCUT2D eigenvalue weighted by atomic mass is 16.2. The number of aryl methyl sites for hydroxylation is 1. The van der Waals surface area contributed by atoms with Gasteiger partial charge in [-0.2, -0.15) is 0 Å². The molecule has 0 heterocycles. The van der Waals surface area contributed by atoms with Gasteiger partial charge in [0, 0.05) is 11.4 Å². The number of para-hydroxylation sites is 2. The van der Waals surface area contributed by atoms with Gasteiger partial charge >= 0.3 is 11.8 Å². The van der Waals surface area contributed by atoms with Crippen molar-refractivity contribution >= 4 is 23.2 Å². The molecule has 0 saturated heterocycles. The maximum atomic E-state index is 12.9. The first-order valence-electron chi connectivity index (χ1n) is 8.42. The number of hydrogen-bond acceptors (Lipinski definition) is 2. The number of benzene rings is 3. The van der Waals surface area contributed by atoms with Gasteiger partial charge in [-0.3, -0.25) is 14.5 Å². The van der Waals surface area contributed by atoms with Gasteiger partial charge in [0.25, 0.3) is 0 Å². The monoisotopic (exact) mass is 344 g/mol. The van der Waals surface area contributed by atoms with Gasteiger partial charge in [-0.25, -0.2) is 0 Å². The van der Waals surface area contributed by atoms with E-state index in [1.807, 2.05) is 85.8 Å². The van der Waals surface area contributed by atoms with Crippen molar-refractivity contribution in [1.82, 2.24) is 0 Å². The summed E-state index contributed by atoms with van der Waals surface area (Å²) in [6, 6.07) is 26.2. The number of rotatable bonds is 4. The summed E-state index contributed by atoms with van der Waals surface area (Å²) in [4.78, 5) is 26.9. The zero-order valence-corrected chi connectivity index (χ0v) is 14.6. The molecule has 3 rings (SSSR count). The van der Waals surface area contributed by atoms with Gasteiger partial charge in [-0.15, -0.1) is 0 Å². The van der Waals surface area contributed by atoms with E-state index in [2.05, 4.69) is 5.32 Å². The third kappa shape index (κ3) is 4.16. The summed E-state index contributed by atoms with van der Waals surface area (Å²) in [7, 11) is 0. The Hall–Kier alpha value is -3.40. The SMILES string of the molecule is Cc1ccccc1NC(=O)C(=O)N(Cc1ccccc1)c1ccccc1.